The van der Waals surface area contributed by atoms with E-state index in [9.17, 15) is 4.79 Å². The van der Waals surface area contributed by atoms with Crippen molar-refractivity contribution >= 4 is 17.4 Å². The summed E-state index contributed by atoms with van der Waals surface area (Å²) in [6, 6.07) is 0. The standard InChI is InChI=1S/C6H7ClO/c7-4-3-5-1-2-6(5)8/h3-5H,1-2H2. The van der Waals surface area contributed by atoms with Gasteiger partial charge in [-0.3, -0.25) is 4.79 Å². The molecule has 0 aromatic heterocycles. The van der Waals surface area contributed by atoms with E-state index < -0.39 is 0 Å². The van der Waals surface area contributed by atoms with Gasteiger partial charge in [-0.2, -0.15) is 0 Å². The molecule has 0 heterocycles. The highest BCUT2D eigenvalue weighted by molar-refractivity contribution is 6.25. The van der Waals surface area contributed by atoms with Gasteiger partial charge in [-0.1, -0.05) is 17.7 Å². The fourth-order valence-corrected chi connectivity index (χ4v) is 0.896. The maximum absolute atomic E-state index is 10.5. The normalized spacial score (nSPS) is 28.6. The lowest BCUT2D eigenvalue weighted by Gasteiger charge is -2.18. The van der Waals surface area contributed by atoms with Crippen LogP contribution in [-0.4, -0.2) is 5.78 Å². The summed E-state index contributed by atoms with van der Waals surface area (Å²) < 4.78 is 0. The van der Waals surface area contributed by atoms with E-state index in [1.54, 1.807) is 6.08 Å². The quantitative estimate of drug-likeness (QED) is 0.528. The van der Waals surface area contributed by atoms with E-state index in [2.05, 4.69) is 0 Å². The van der Waals surface area contributed by atoms with Crippen LogP contribution >= 0.6 is 11.6 Å². The van der Waals surface area contributed by atoms with Gasteiger partial charge < -0.3 is 0 Å². The summed E-state index contributed by atoms with van der Waals surface area (Å²) in [4.78, 5) is 10.5. The van der Waals surface area contributed by atoms with E-state index in [0.717, 1.165) is 12.8 Å². The lowest BCUT2D eigenvalue weighted by atomic mass is 9.84. The van der Waals surface area contributed by atoms with E-state index in [4.69, 9.17) is 11.6 Å². The van der Waals surface area contributed by atoms with Crippen LogP contribution in [-0.2, 0) is 4.79 Å². The summed E-state index contributed by atoms with van der Waals surface area (Å²) in [6.45, 7) is 0. The molecule has 0 radical (unpaired) electrons. The summed E-state index contributed by atoms with van der Waals surface area (Å²) in [5, 5.41) is 0. The minimum Gasteiger partial charge on any atom is -0.299 e. The number of rotatable bonds is 1. The molecule has 0 aliphatic heterocycles. The predicted molar refractivity (Wildman–Crippen MR) is 32.7 cm³/mol. The third kappa shape index (κ3) is 0.920. The molecule has 1 aliphatic carbocycles. The van der Waals surface area contributed by atoms with Crippen molar-refractivity contribution in [3.8, 4) is 0 Å². The van der Waals surface area contributed by atoms with Crippen molar-refractivity contribution in [3.05, 3.63) is 11.6 Å². The molecule has 1 fully saturated rings. The molecule has 44 valence electrons. The molecule has 0 aromatic rings. The Hall–Kier alpha value is -0.300. The van der Waals surface area contributed by atoms with Crippen LogP contribution < -0.4 is 0 Å². The maximum atomic E-state index is 10.5. The first-order chi connectivity index (χ1) is 3.84. The Labute approximate surface area is 53.3 Å². The summed E-state index contributed by atoms with van der Waals surface area (Å²) in [7, 11) is 0. The summed E-state index contributed by atoms with van der Waals surface area (Å²) in [5.74, 6) is 0.467. The highest BCUT2D eigenvalue weighted by atomic mass is 35.5. The number of allylic oxidation sites excluding steroid dienone is 1. The number of halogens is 1. The van der Waals surface area contributed by atoms with Gasteiger partial charge in [-0.05, 0) is 6.42 Å². The van der Waals surface area contributed by atoms with Gasteiger partial charge >= 0.3 is 0 Å². The molecule has 1 aliphatic rings. The Balaban J connectivity index is 2.38. The SMILES string of the molecule is O=C1CCC1C=CCl. The lowest BCUT2D eigenvalue weighted by Crippen LogP contribution is -2.22. The van der Waals surface area contributed by atoms with Crippen molar-refractivity contribution in [1.82, 2.24) is 0 Å². The van der Waals surface area contributed by atoms with E-state index in [-0.39, 0.29) is 5.92 Å². The maximum Gasteiger partial charge on any atom is 0.139 e. The van der Waals surface area contributed by atoms with Crippen LogP contribution in [0.1, 0.15) is 12.8 Å². The molecule has 0 saturated heterocycles. The third-order valence-corrected chi connectivity index (χ3v) is 1.57. The van der Waals surface area contributed by atoms with Gasteiger partial charge in [0, 0.05) is 17.9 Å². The highest BCUT2D eigenvalue weighted by Gasteiger charge is 2.24. The fourth-order valence-electron chi connectivity index (χ4n) is 0.720. The van der Waals surface area contributed by atoms with Crippen LogP contribution in [0, 0.1) is 5.92 Å². The molecule has 1 rings (SSSR count). The van der Waals surface area contributed by atoms with Crippen LogP contribution in [0.5, 0.6) is 0 Å². The Kier molecular flexibility index (Phi) is 1.69. The van der Waals surface area contributed by atoms with Crippen molar-refractivity contribution in [2.75, 3.05) is 0 Å². The van der Waals surface area contributed by atoms with Crippen LogP contribution in [0.25, 0.3) is 0 Å². The smallest absolute Gasteiger partial charge is 0.139 e. The van der Waals surface area contributed by atoms with Gasteiger partial charge in [0.05, 0.1) is 0 Å². The number of carbonyl (C=O) groups excluding carboxylic acids is 1. The molecule has 0 aromatic carbocycles. The number of ketones is 1. The van der Waals surface area contributed by atoms with E-state index in [1.165, 1.54) is 5.54 Å². The second-order valence-corrected chi connectivity index (χ2v) is 2.18. The number of hydrogen-bond donors (Lipinski definition) is 0. The average molecular weight is 131 g/mol. The molecule has 1 unspecified atom stereocenters. The molecular formula is C6H7ClO. The minimum absolute atomic E-state index is 0.146. The van der Waals surface area contributed by atoms with Crippen LogP contribution in [0.15, 0.2) is 11.6 Å². The van der Waals surface area contributed by atoms with Gasteiger partial charge in [0.15, 0.2) is 0 Å². The van der Waals surface area contributed by atoms with Gasteiger partial charge in [0.25, 0.3) is 0 Å². The second kappa shape index (κ2) is 2.31. The number of Topliss-reactive ketones (excluding diaryl/α,β-unsaturated/α-hetero) is 1. The Morgan fingerprint density at radius 1 is 1.75 bits per heavy atom. The first-order valence-electron chi connectivity index (χ1n) is 2.64. The van der Waals surface area contributed by atoms with Gasteiger partial charge in [-0.25, -0.2) is 0 Å². The Morgan fingerprint density at radius 3 is 2.62 bits per heavy atom. The molecule has 0 spiro atoms. The van der Waals surface area contributed by atoms with Gasteiger partial charge in [0.2, 0.25) is 0 Å². The molecule has 1 saturated carbocycles. The molecule has 0 amide bonds. The first-order valence-corrected chi connectivity index (χ1v) is 3.08. The van der Waals surface area contributed by atoms with Gasteiger partial charge in [-0.15, -0.1) is 0 Å². The lowest BCUT2D eigenvalue weighted by molar-refractivity contribution is -0.127. The van der Waals surface area contributed by atoms with Crippen molar-refractivity contribution in [3.63, 3.8) is 0 Å². The second-order valence-electron chi connectivity index (χ2n) is 1.93. The zero-order chi connectivity index (χ0) is 5.98. The topological polar surface area (TPSA) is 17.1 Å². The minimum atomic E-state index is 0.146. The van der Waals surface area contributed by atoms with Crippen molar-refractivity contribution in [1.29, 1.82) is 0 Å². The molecule has 2 heteroatoms. The average Bonchev–Trinajstić information content (AvgIpc) is 1.79. The summed E-state index contributed by atoms with van der Waals surface area (Å²) in [5.41, 5.74) is 1.42. The van der Waals surface area contributed by atoms with Crippen molar-refractivity contribution in [2.24, 2.45) is 5.92 Å². The predicted octanol–water partition coefficient (Wildman–Crippen LogP) is 1.72. The summed E-state index contributed by atoms with van der Waals surface area (Å²) >= 11 is 5.24. The molecule has 0 bridgehead atoms. The van der Waals surface area contributed by atoms with E-state index in [0.29, 0.717) is 5.78 Å². The van der Waals surface area contributed by atoms with E-state index in [1.807, 2.05) is 0 Å². The highest BCUT2D eigenvalue weighted by Crippen LogP contribution is 2.23. The number of hydrogen-bond acceptors (Lipinski definition) is 1. The molecule has 8 heavy (non-hydrogen) atoms. The molecule has 1 nitrogen and oxygen atoms in total. The number of carbonyl (C=O) groups is 1. The Bertz CT molecular complexity index is 128. The molecule has 1 atom stereocenters. The zero-order valence-electron chi connectivity index (χ0n) is 4.43. The molecular weight excluding hydrogens is 124 g/mol. The first kappa shape index (κ1) is 5.83. The summed E-state index contributed by atoms with van der Waals surface area (Å²) in [6.07, 6.45) is 3.47. The van der Waals surface area contributed by atoms with Crippen molar-refractivity contribution in [2.45, 2.75) is 12.8 Å². The monoisotopic (exact) mass is 130 g/mol. The van der Waals surface area contributed by atoms with Gasteiger partial charge in [0.1, 0.15) is 5.78 Å². The van der Waals surface area contributed by atoms with E-state index >= 15 is 0 Å². The Morgan fingerprint density at radius 2 is 2.50 bits per heavy atom. The third-order valence-electron chi connectivity index (χ3n) is 1.42. The van der Waals surface area contributed by atoms with Crippen molar-refractivity contribution < 1.29 is 4.79 Å². The largest absolute Gasteiger partial charge is 0.299 e. The van der Waals surface area contributed by atoms with Crippen LogP contribution in [0.3, 0.4) is 0 Å². The fraction of sp³-hybridized carbons (Fsp3) is 0.500. The van der Waals surface area contributed by atoms with Crippen LogP contribution in [0.2, 0.25) is 0 Å². The molecule has 0 N–H and O–H groups in total. The van der Waals surface area contributed by atoms with Crippen LogP contribution in [0.4, 0.5) is 0 Å². The zero-order valence-corrected chi connectivity index (χ0v) is 5.19.